The molecule has 4 nitrogen and oxygen atoms in total. The van der Waals surface area contributed by atoms with Crippen LogP contribution in [0.2, 0.25) is 10.0 Å². The number of halogens is 2. The lowest BCUT2D eigenvalue weighted by Gasteiger charge is -2.14. The van der Waals surface area contributed by atoms with Gasteiger partial charge < -0.3 is 4.74 Å². The predicted octanol–water partition coefficient (Wildman–Crippen LogP) is 7.96. The summed E-state index contributed by atoms with van der Waals surface area (Å²) in [5.74, 6) is 0.326. The second-order valence-corrected chi connectivity index (χ2v) is 9.84. The number of fused-ring (bicyclic) bond motifs is 1. The molecule has 5 rings (SSSR count). The van der Waals surface area contributed by atoms with Gasteiger partial charge in [-0.25, -0.2) is 0 Å². The highest BCUT2D eigenvalue weighted by Gasteiger charge is 2.35. The van der Waals surface area contributed by atoms with Crippen LogP contribution in [0.5, 0.6) is 5.75 Å². The number of rotatable bonds is 6. The maximum atomic E-state index is 13.1. The molecule has 1 aliphatic heterocycles. The predicted molar refractivity (Wildman–Crippen MR) is 143 cm³/mol. The van der Waals surface area contributed by atoms with Crippen molar-refractivity contribution in [1.82, 2.24) is 4.90 Å². The van der Waals surface area contributed by atoms with Crippen LogP contribution in [0.25, 0.3) is 16.8 Å². The van der Waals surface area contributed by atoms with Gasteiger partial charge in [0.25, 0.3) is 11.1 Å². The zero-order valence-electron chi connectivity index (χ0n) is 18.4. The summed E-state index contributed by atoms with van der Waals surface area (Å²) in [6.45, 7) is 0.509. The van der Waals surface area contributed by atoms with Crippen molar-refractivity contribution in [2.24, 2.45) is 0 Å². The van der Waals surface area contributed by atoms with E-state index in [4.69, 9.17) is 27.9 Å². The minimum atomic E-state index is -0.299. The summed E-state index contributed by atoms with van der Waals surface area (Å²) in [6, 6.07) is 26.4. The van der Waals surface area contributed by atoms with Crippen LogP contribution in [0.4, 0.5) is 4.79 Å². The molecule has 0 aromatic heterocycles. The lowest BCUT2D eigenvalue weighted by Crippen LogP contribution is -2.27. The van der Waals surface area contributed by atoms with Crippen LogP contribution in [0.15, 0.2) is 89.8 Å². The second kappa shape index (κ2) is 10.2. The maximum absolute atomic E-state index is 13.1. The Morgan fingerprint density at radius 3 is 2.51 bits per heavy atom. The van der Waals surface area contributed by atoms with Crippen LogP contribution in [0.1, 0.15) is 16.7 Å². The van der Waals surface area contributed by atoms with Crippen LogP contribution >= 0.6 is 35.0 Å². The molecule has 4 aromatic carbocycles. The van der Waals surface area contributed by atoms with Gasteiger partial charge in [-0.1, -0.05) is 83.9 Å². The van der Waals surface area contributed by atoms with Crippen molar-refractivity contribution in [2.75, 3.05) is 0 Å². The smallest absolute Gasteiger partial charge is 0.293 e. The van der Waals surface area contributed by atoms with Gasteiger partial charge in [0.1, 0.15) is 12.4 Å². The third-order valence-electron chi connectivity index (χ3n) is 5.65. The Hall–Kier alpha value is -3.25. The van der Waals surface area contributed by atoms with Crippen LogP contribution in [0.3, 0.4) is 0 Å². The van der Waals surface area contributed by atoms with Crippen LogP contribution in [-0.2, 0) is 17.9 Å². The van der Waals surface area contributed by atoms with E-state index in [1.807, 2.05) is 72.8 Å². The number of thioether (sulfide) groups is 1. The summed E-state index contributed by atoms with van der Waals surface area (Å²) in [5, 5.41) is 2.93. The highest BCUT2D eigenvalue weighted by Crippen LogP contribution is 2.34. The Bertz CT molecular complexity index is 1480. The Labute approximate surface area is 217 Å². The van der Waals surface area contributed by atoms with E-state index >= 15 is 0 Å². The fourth-order valence-corrected chi connectivity index (χ4v) is 5.18. The number of benzene rings is 4. The summed E-state index contributed by atoms with van der Waals surface area (Å²) < 4.78 is 5.88. The molecule has 0 unspecified atom stereocenters. The average Bonchev–Trinajstić information content (AvgIpc) is 3.11. The number of hydrogen-bond donors (Lipinski definition) is 0. The van der Waals surface area contributed by atoms with Crippen molar-refractivity contribution in [3.8, 4) is 5.75 Å². The number of ether oxygens (including phenoxy) is 1. The molecule has 35 heavy (non-hydrogen) atoms. The van der Waals surface area contributed by atoms with Gasteiger partial charge in [-0.3, -0.25) is 14.5 Å². The largest absolute Gasteiger partial charge is 0.489 e. The first-order valence-electron chi connectivity index (χ1n) is 10.9. The van der Waals surface area contributed by atoms with E-state index in [-0.39, 0.29) is 24.3 Å². The molecule has 0 spiro atoms. The molecule has 1 fully saturated rings. The molecular weight excluding hydrogens is 501 g/mol. The molecule has 0 bridgehead atoms. The highest BCUT2D eigenvalue weighted by atomic mass is 35.5. The number of imide groups is 1. The van der Waals surface area contributed by atoms with E-state index in [2.05, 4.69) is 0 Å². The molecule has 2 amide bonds. The Balaban J connectivity index is 1.32. The molecule has 0 saturated carbocycles. The van der Waals surface area contributed by atoms with Crippen LogP contribution in [0, 0.1) is 0 Å². The number of amides is 2. The van der Waals surface area contributed by atoms with Gasteiger partial charge in [-0.2, -0.15) is 0 Å². The molecule has 0 aliphatic carbocycles. The minimum absolute atomic E-state index is 0.231. The van der Waals surface area contributed by atoms with E-state index in [1.54, 1.807) is 18.2 Å². The van der Waals surface area contributed by atoms with Gasteiger partial charge in [0.05, 0.1) is 11.4 Å². The lowest BCUT2D eigenvalue weighted by atomic mass is 10.0. The monoisotopic (exact) mass is 519 g/mol. The number of carbonyl (C=O) groups is 2. The van der Waals surface area contributed by atoms with E-state index in [0.717, 1.165) is 39.2 Å². The van der Waals surface area contributed by atoms with Crippen molar-refractivity contribution >= 4 is 63.0 Å². The molecule has 7 heteroatoms. The zero-order chi connectivity index (χ0) is 24.4. The first kappa shape index (κ1) is 23.5. The SMILES string of the molecule is O=C1S/C(=C/c2cccc(OCc3ccc(Cl)cc3Cl)c2)C(=O)N1Cc1cccc2ccccc12. The first-order valence-corrected chi connectivity index (χ1v) is 12.4. The van der Waals surface area contributed by atoms with Crippen molar-refractivity contribution in [3.05, 3.63) is 117 Å². The number of nitrogens with zero attached hydrogens (tertiary/aromatic N) is 1. The summed E-state index contributed by atoms with van der Waals surface area (Å²) in [4.78, 5) is 27.4. The number of carbonyl (C=O) groups excluding carboxylic acids is 2. The molecule has 0 atom stereocenters. The number of hydrogen-bond acceptors (Lipinski definition) is 4. The minimum Gasteiger partial charge on any atom is -0.489 e. The van der Waals surface area contributed by atoms with Gasteiger partial charge in [0.15, 0.2) is 0 Å². The molecule has 1 aliphatic rings. The molecule has 1 saturated heterocycles. The summed E-state index contributed by atoms with van der Waals surface area (Å²) >= 11 is 13.1. The highest BCUT2D eigenvalue weighted by molar-refractivity contribution is 8.18. The lowest BCUT2D eigenvalue weighted by molar-refractivity contribution is -0.123. The molecule has 1 heterocycles. The van der Waals surface area contributed by atoms with Gasteiger partial charge in [-0.05, 0) is 64.0 Å². The van der Waals surface area contributed by atoms with E-state index in [9.17, 15) is 9.59 Å². The van der Waals surface area contributed by atoms with Gasteiger partial charge in [0, 0.05) is 15.6 Å². The summed E-state index contributed by atoms with van der Waals surface area (Å²) in [5.41, 5.74) is 2.51. The van der Waals surface area contributed by atoms with E-state index in [1.165, 1.54) is 4.90 Å². The molecule has 0 radical (unpaired) electrons. The Kier molecular flexibility index (Phi) is 6.82. The standard InChI is InChI=1S/C28H19Cl2NO3S/c29-22-12-11-21(25(30)15-22)17-34-23-9-3-5-18(13-23)14-26-27(32)31(28(33)35-26)16-20-8-4-7-19-6-1-2-10-24(19)20/h1-15H,16-17H2/b26-14+. The van der Waals surface area contributed by atoms with Crippen molar-refractivity contribution in [1.29, 1.82) is 0 Å². The van der Waals surface area contributed by atoms with Gasteiger partial charge in [0.2, 0.25) is 0 Å². The zero-order valence-corrected chi connectivity index (χ0v) is 20.7. The fourth-order valence-electron chi connectivity index (χ4n) is 3.88. The fraction of sp³-hybridized carbons (Fsp3) is 0.0714. The maximum Gasteiger partial charge on any atom is 0.293 e. The van der Waals surface area contributed by atoms with Crippen LogP contribution in [-0.4, -0.2) is 16.0 Å². The first-order chi connectivity index (χ1) is 17.0. The van der Waals surface area contributed by atoms with Crippen molar-refractivity contribution in [2.45, 2.75) is 13.2 Å². The van der Waals surface area contributed by atoms with Crippen LogP contribution < -0.4 is 4.74 Å². The van der Waals surface area contributed by atoms with Crippen molar-refractivity contribution in [3.63, 3.8) is 0 Å². The third kappa shape index (κ3) is 5.22. The van der Waals surface area contributed by atoms with Crippen molar-refractivity contribution < 1.29 is 14.3 Å². The topological polar surface area (TPSA) is 46.6 Å². The second-order valence-electron chi connectivity index (χ2n) is 8.00. The normalized spacial score (nSPS) is 14.8. The molecule has 4 aromatic rings. The summed E-state index contributed by atoms with van der Waals surface area (Å²) in [7, 11) is 0. The van der Waals surface area contributed by atoms with Gasteiger partial charge in [-0.15, -0.1) is 0 Å². The average molecular weight is 520 g/mol. The van der Waals surface area contributed by atoms with Gasteiger partial charge >= 0.3 is 0 Å². The summed E-state index contributed by atoms with van der Waals surface area (Å²) in [6.07, 6.45) is 1.72. The third-order valence-corrected chi connectivity index (χ3v) is 7.14. The molecular formula is C28H19Cl2NO3S. The quantitative estimate of drug-likeness (QED) is 0.242. The Morgan fingerprint density at radius 1 is 0.857 bits per heavy atom. The molecule has 0 N–H and O–H groups in total. The van der Waals surface area contributed by atoms with E-state index < -0.39 is 0 Å². The van der Waals surface area contributed by atoms with E-state index in [0.29, 0.717) is 20.7 Å². The molecule has 174 valence electrons. The Morgan fingerprint density at radius 2 is 1.66 bits per heavy atom.